The van der Waals surface area contributed by atoms with Gasteiger partial charge in [0.15, 0.2) is 0 Å². The standard InChI is InChI=1S/C10H9ClFNO2/c11-6-1-2-8(12)7(5-6)9-3-4-15-10(14)13-9/h1-2,5,9H,3-4H2,(H,13,14)/t9-/m0/s1. The predicted molar refractivity (Wildman–Crippen MR) is 53.3 cm³/mol. The molecule has 1 fully saturated rings. The van der Waals surface area contributed by atoms with Gasteiger partial charge in [-0.3, -0.25) is 0 Å². The Balaban J connectivity index is 2.27. The van der Waals surface area contributed by atoms with E-state index in [1.165, 1.54) is 18.2 Å². The maximum atomic E-state index is 13.4. The van der Waals surface area contributed by atoms with E-state index >= 15 is 0 Å². The number of amides is 1. The summed E-state index contributed by atoms with van der Waals surface area (Å²) in [4.78, 5) is 11.0. The zero-order valence-electron chi connectivity index (χ0n) is 7.80. The second kappa shape index (κ2) is 4.06. The Morgan fingerprint density at radius 1 is 1.53 bits per heavy atom. The molecule has 1 aromatic carbocycles. The monoisotopic (exact) mass is 229 g/mol. The van der Waals surface area contributed by atoms with E-state index < -0.39 is 6.09 Å². The molecule has 1 atom stereocenters. The van der Waals surface area contributed by atoms with Gasteiger partial charge in [-0.15, -0.1) is 0 Å². The number of alkyl carbamates (subject to hydrolysis) is 1. The summed E-state index contributed by atoms with van der Waals surface area (Å²) < 4.78 is 18.1. The van der Waals surface area contributed by atoms with Crippen LogP contribution in [0.5, 0.6) is 0 Å². The van der Waals surface area contributed by atoms with Gasteiger partial charge >= 0.3 is 6.09 Å². The molecule has 1 N–H and O–H groups in total. The van der Waals surface area contributed by atoms with Crippen LogP contribution in [0.25, 0.3) is 0 Å². The summed E-state index contributed by atoms with van der Waals surface area (Å²) in [6, 6.07) is 3.93. The number of carbonyl (C=O) groups is 1. The quantitative estimate of drug-likeness (QED) is 0.804. The van der Waals surface area contributed by atoms with Gasteiger partial charge in [-0.05, 0) is 18.2 Å². The molecule has 0 unspecified atom stereocenters. The average Bonchev–Trinajstić information content (AvgIpc) is 2.22. The van der Waals surface area contributed by atoms with Crippen molar-refractivity contribution in [3.63, 3.8) is 0 Å². The van der Waals surface area contributed by atoms with E-state index in [1.807, 2.05) is 0 Å². The molecule has 3 nitrogen and oxygen atoms in total. The zero-order chi connectivity index (χ0) is 10.8. The molecule has 0 aliphatic carbocycles. The Kier molecular flexibility index (Phi) is 2.77. The van der Waals surface area contributed by atoms with E-state index in [9.17, 15) is 9.18 Å². The SMILES string of the molecule is O=C1N[C@H](c2cc(Cl)ccc2F)CCO1. The summed E-state index contributed by atoms with van der Waals surface area (Å²) in [6.45, 7) is 0.294. The molecule has 0 radical (unpaired) electrons. The average molecular weight is 230 g/mol. The molecule has 1 aromatic rings. The molecule has 1 saturated heterocycles. The third-order valence-electron chi connectivity index (χ3n) is 2.27. The number of carbonyl (C=O) groups excluding carboxylic acids is 1. The lowest BCUT2D eigenvalue weighted by Gasteiger charge is -2.24. The molecule has 5 heteroatoms. The van der Waals surface area contributed by atoms with Gasteiger partial charge in [0, 0.05) is 17.0 Å². The lowest BCUT2D eigenvalue weighted by atomic mass is 10.0. The van der Waals surface area contributed by atoms with Crippen molar-refractivity contribution in [2.75, 3.05) is 6.61 Å². The molecular formula is C10H9ClFNO2. The van der Waals surface area contributed by atoms with Gasteiger partial charge in [0.25, 0.3) is 0 Å². The Morgan fingerprint density at radius 2 is 2.33 bits per heavy atom. The van der Waals surface area contributed by atoms with Crippen LogP contribution in [0.15, 0.2) is 18.2 Å². The van der Waals surface area contributed by atoms with Crippen LogP contribution in [0.1, 0.15) is 18.0 Å². The van der Waals surface area contributed by atoms with Gasteiger partial charge in [-0.2, -0.15) is 0 Å². The van der Waals surface area contributed by atoms with Crippen LogP contribution >= 0.6 is 11.6 Å². The number of ether oxygens (including phenoxy) is 1. The summed E-state index contributed by atoms with van der Waals surface area (Å²) in [5, 5.41) is 2.99. The number of cyclic esters (lactones) is 1. The van der Waals surface area contributed by atoms with Crippen molar-refractivity contribution < 1.29 is 13.9 Å². The first-order chi connectivity index (χ1) is 7.16. The Hall–Kier alpha value is -1.29. The van der Waals surface area contributed by atoms with Gasteiger partial charge in [0.1, 0.15) is 5.82 Å². The van der Waals surface area contributed by atoms with E-state index in [-0.39, 0.29) is 11.9 Å². The number of nitrogens with one attached hydrogen (secondary N) is 1. The molecule has 1 heterocycles. The highest BCUT2D eigenvalue weighted by molar-refractivity contribution is 6.30. The first-order valence-corrected chi connectivity index (χ1v) is 4.93. The summed E-state index contributed by atoms with van der Waals surface area (Å²) >= 11 is 5.76. The molecule has 1 aliphatic heterocycles. The number of hydrogen-bond donors (Lipinski definition) is 1. The molecule has 2 rings (SSSR count). The number of benzene rings is 1. The second-order valence-electron chi connectivity index (χ2n) is 3.29. The summed E-state index contributed by atoms with van der Waals surface area (Å²) in [5.74, 6) is -0.369. The van der Waals surface area contributed by atoms with E-state index in [2.05, 4.69) is 5.32 Å². The smallest absolute Gasteiger partial charge is 0.407 e. The third kappa shape index (κ3) is 2.21. The topological polar surface area (TPSA) is 38.3 Å². The van der Waals surface area contributed by atoms with Gasteiger partial charge in [0.2, 0.25) is 0 Å². The fourth-order valence-electron chi connectivity index (χ4n) is 1.54. The van der Waals surface area contributed by atoms with Gasteiger partial charge in [-0.25, -0.2) is 9.18 Å². The summed E-state index contributed by atoms with van der Waals surface area (Å²) in [7, 11) is 0. The molecule has 0 spiro atoms. The van der Waals surface area contributed by atoms with Crippen molar-refractivity contribution in [2.45, 2.75) is 12.5 Å². The fourth-order valence-corrected chi connectivity index (χ4v) is 1.72. The summed E-state index contributed by atoms with van der Waals surface area (Å²) in [6.07, 6.45) is 0.0221. The molecule has 0 saturated carbocycles. The zero-order valence-corrected chi connectivity index (χ0v) is 8.55. The maximum Gasteiger partial charge on any atom is 0.407 e. The first-order valence-electron chi connectivity index (χ1n) is 4.55. The number of hydrogen-bond acceptors (Lipinski definition) is 2. The van der Waals surface area contributed by atoms with Crippen molar-refractivity contribution >= 4 is 17.7 Å². The van der Waals surface area contributed by atoms with Gasteiger partial charge < -0.3 is 10.1 Å². The summed E-state index contributed by atoms with van der Waals surface area (Å²) in [5.41, 5.74) is 0.402. The van der Waals surface area contributed by atoms with Crippen molar-refractivity contribution in [1.82, 2.24) is 5.32 Å². The molecule has 0 aromatic heterocycles. The first kappa shape index (κ1) is 10.2. The largest absolute Gasteiger partial charge is 0.449 e. The molecule has 15 heavy (non-hydrogen) atoms. The van der Waals surface area contributed by atoms with Crippen molar-refractivity contribution in [3.05, 3.63) is 34.6 Å². The Morgan fingerprint density at radius 3 is 3.07 bits per heavy atom. The minimum absolute atomic E-state index is 0.294. The third-order valence-corrected chi connectivity index (χ3v) is 2.50. The fraction of sp³-hybridized carbons (Fsp3) is 0.300. The Bertz CT molecular complexity index is 397. The molecule has 80 valence electrons. The van der Waals surface area contributed by atoms with Crippen molar-refractivity contribution in [3.8, 4) is 0 Å². The Labute approximate surface area is 91.2 Å². The molecule has 0 bridgehead atoms. The minimum Gasteiger partial charge on any atom is -0.449 e. The highest BCUT2D eigenvalue weighted by atomic mass is 35.5. The van der Waals surface area contributed by atoms with Crippen LogP contribution in [0.3, 0.4) is 0 Å². The van der Waals surface area contributed by atoms with Crippen LogP contribution in [-0.2, 0) is 4.74 Å². The lowest BCUT2D eigenvalue weighted by molar-refractivity contribution is 0.115. The normalized spacial score (nSPS) is 20.7. The highest BCUT2D eigenvalue weighted by Gasteiger charge is 2.23. The van der Waals surface area contributed by atoms with E-state index in [0.717, 1.165) is 0 Å². The number of rotatable bonds is 1. The molecule has 1 amide bonds. The van der Waals surface area contributed by atoms with Crippen LogP contribution in [-0.4, -0.2) is 12.7 Å². The van der Waals surface area contributed by atoms with Gasteiger partial charge in [0.05, 0.1) is 12.6 Å². The maximum absolute atomic E-state index is 13.4. The van der Waals surface area contributed by atoms with E-state index in [4.69, 9.17) is 16.3 Å². The van der Waals surface area contributed by atoms with Crippen LogP contribution in [0, 0.1) is 5.82 Å². The highest BCUT2D eigenvalue weighted by Crippen LogP contribution is 2.25. The number of halogens is 2. The predicted octanol–water partition coefficient (Wildman–Crippen LogP) is 2.65. The van der Waals surface area contributed by atoms with Crippen LogP contribution in [0.4, 0.5) is 9.18 Å². The van der Waals surface area contributed by atoms with Gasteiger partial charge in [-0.1, -0.05) is 11.6 Å². The molecular weight excluding hydrogens is 221 g/mol. The van der Waals surface area contributed by atoms with Crippen LogP contribution in [0.2, 0.25) is 5.02 Å². The molecule has 1 aliphatic rings. The van der Waals surface area contributed by atoms with E-state index in [0.29, 0.717) is 23.6 Å². The van der Waals surface area contributed by atoms with Crippen molar-refractivity contribution in [2.24, 2.45) is 0 Å². The minimum atomic E-state index is -0.523. The van der Waals surface area contributed by atoms with Crippen molar-refractivity contribution in [1.29, 1.82) is 0 Å². The second-order valence-corrected chi connectivity index (χ2v) is 3.72. The lowest BCUT2D eigenvalue weighted by Crippen LogP contribution is -2.35. The van der Waals surface area contributed by atoms with Crippen LogP contribution < -0.4 is 5.32 Å². The van der Waals surface area contributed by atoms with E-state index in [1.54, 1.807) is 0 Å².